The topological polar surface area (TPSA) is 50.8 Å². The summed E-state index contributed by atoms with van der Waals surface area (Å²) in [5, 5.41) is 3.13. The average Bonchev–Trinajstić information content (AvgIpc) is 2.59. The van der Waals surface area contributed by atoms with E-state index >= 15 is 0 Å². The maximum Gasteiger partial charge on any atom is 0.250 e. The molecule has 0 radical (unpaired) electrons. The summed E-state index contributed by atoms with van der Waals surface area (Å²) in [6.07, 6.45) is 3.88. The van der Waals surface area contributed by atoms with Gasteiger partial charge in [-0.05, 0) is 39.1 Å². The predicted octanol–water partition coefficient (Wildman–Crippen LogP) is 1.94. The van der Waals surface area contributed by atoms with Gasteiger partial charge in [0.1, 0.15) is 12.4 Å². The second-order valence-electron chi connectivity index (χ2n) is 7.03. The zero-order valence-corrected chi connectivity index (χ0v) is 14.5. The normalized spacial score (nSPS) is 19.2. The molecule has 1 aromatic carbocycles. The first-order chi connectivity index (χ1) is 11.6. The van der Waals surface area contributed by atoms with E-state index in [1.165, 1.54) is 0 Å². The number of carbonyl (C=O) groups excluding carboxylic acids is 1. The number of fused-ring (bicyclic) bond motifs is 1. The summed E-state index contributed by atoms with van der Waals surface area (Å²) in [5.74, 6) is 0.802. The Balaban J connectivity index is 1.65. The Hall–Kier alpha value is -1.85. The largest absolute Gasteiger partial charge is 0.488 e. The molecular formula is C19H26N2O3. The highest BCUT2D eigenvalue weighted by atomic mass is 16.5. The molecule has 2 heterocycles. The van der Waals surface area contributed by atoms with Gasteiger partial charge in [0.2, 0.25) is 0 Å². The third kappa shape index (κ3) is 3.97. The molecule has 5 nitrogen and oxygen atoms in total. The van der Waals surface area contributed by atoms with Gasteiger partial charge in [-0.25, -0.2) is 0 Å². The van der Waals surface area contributed by atoms with Crippen LogP contribution in [-0.2, 0) is 9.53 Å². The molecule has 1 fully saturated rings. The van der Waals surface area contributed by atoms with Crippen LogP contribution in [0.15, 0.2) is 29.8 Å². The fourth-order valence-electron chi connectivity index (χ4n) is 3.49. The summed E-state index contributed by atoms with van der Waals surface area (Å²) in [4.78, 5) is 14.8. The lowest BCUT2D eigenvalue weighted by Crippen LogP contribution is -2.47. The standard InChI is InChI=1S/C19H26N2O3/c1-21(2)14-19(7-9-23-10-8-19)13-20-18(22)16-11-15-5-3-4-6-17(15)24-12-16/h3-6,11H,7-10,12-14H2,1-2H3,(H,20,22). The van der Waals surface area contributed by atoms with Gasteiger partial charge in [0.15, 0.2) is 0 Å². The van der Waals surface area contributed by atoms with Crippen molar-refractivity contribution in [3.63, 3.8) is 0 Å². The van der Waals surface area contributed by atoms with E-state index in [2.05, 4.69) is 24.3 Å². The first kappa shape index (κ1) is 17.0. The van der Waals surface area contributed by atoms with Gasteiger partial charge in [0.25, 0.3) is 5.91 Å². The Morgan fingerprint density at radius 2 is 2.00 bits per heavy atom. The Labute approximate surface area is 143 Å². The number of nitrogens with one attached hydrogen (secondary N) is 1. The molecule has 0 unspecified atom stereocenters. The smallest absolute Gasteiger partial charge is 0.250 e. The third-order valence-corrected chi connectivity index (χ3v) is 4.75. The van der Waals surface area contributed by atoms with E-state index in [4.69, 9.17) is 9.47 Å². The maximum absolute atomic E-state index is 12.6. The van der Waals surface area contributed by atoms with Crippen LogP contribution in [0.5, 0.6) is 5.75 Å². The summed E-state index contributed by atoms with van der Waals surface area (Å²) < 4.78 is 11.2. The van der Waals surface area contributed by atoms with Crippen LogP contribution in [0, 0.1) is 5.41 Å². The van der Waals surface area contributed by atoms with Crippen LogP contribution in [-0.4, -0.2) is 57.8 Å². The van der Waals surface area contributed by atoms with E-state index in [9.17, 15) is 4.79 Å². The number of nitrogens with zero attached hydrogens (tertiary/aromatic N) is 1. The SMILES string of the molecule is CN(C)CC1(CNC(=O)C2=Cc3ccccc3OC2)CCOCC1. The van der Waals surface area contributed by atoms with Gasteiger partial charge < -0.3 is 19.7 Å². The second kappa shape index (κ2) is 7.36. The number of amides is 1. The van der Waals surface area contributed by atoms with Crippen molar-refractivity contribution in [3.05, 3.63) is 35.4 Å². The van der Waals surface area contributed by atoms with Crippen molar-refractivity contribution < 1.29 is 14.3 Å². The van der Waals surface area contributed by atoms with Gasteiger partial charge in [-0.3, -0.25) is 4.79 Å². The molecule has 0 aliphatic carbocycles. The number of para-hydroxylation sites is 1. The highest BCUT2D eigenvalue weighted by Gasteiger charge is 2.34. The molecule has 3 rings (SSSR count). The van der Waals surface area contributed by atoms with Crippen molar-refractivity contribution in [2.24, 2.45) is 5.41 Å². The number of benzene rings is 1. The Morgan fingerprint density at radius 1 is 1.25 bits per heavy atom. The van der Waals surface area contributed by atoms with Crippen LogP contribution in [0.3, 0.4) is 0 Å². The number of ether oxygens (including phenoxy) is 2. The van der Waals surface area contributed by atoms with Gasteiger partial charge in [0.05, 0.1) is 5.57 Å². The summed E-state index contributed by atoms with van der Waals surface area (Å²) in [7, 11) is 4.15. The van der Waals surface area contributed by atoms with Crippen molar-refractivity contribution in [3.8, 4) is 5.75 Å². The molecule has 0 aromatic heterocycles. The Bertz CT molecular complexity index is 619. The van der Waals surface area contributed by atoms with Crippen LogP contribution < -0.4 is 10.1 Å². The molecule has 2 aliphatic rings. The molecule has 1 N–H and O–H groups in total. The van der Waals surface area contributed by atoms with Crippen LogP contribution in [0.2, 0.25) is 0 Å². The van der Waals surface area contributed by atoms with Crippen molar-refractivity contribution >= 4 is 12.0 Å². The number of rotatable bonds is 5. The average molecular weight is 330 g/mol. The van der Waals surface area contributed by atoms with Crippen LogP contribution in [0.25, 0.3) is 6.08 Å². The molecular weight excluding hydrogens is 304 g/mol. The maximum atomic E-state index is 12.6. The zero-order chi connectivity index (χ0) is 17.0. The summed E-state index contributed by atoms with van der Waals surface area (Å²) in [6, 6.07) is 7.78. The van der Waals surface area contributed by atoms with E-state index in [1.54, 1.807) is 0 Å². The molecule has 2 aliphatic heterocycles. The van der Waals surface area contributed by atoms with Crippen molar-refractivity contribution in [2.75, 3.05) is 47.0 Å². The zero-order valence-electron chi connectivity index (χ0n) is 14.5. The molecule has 0 spiro atoms. The monoisotopic (exact) mass is 330 g/mol. The third-order valence-electron chi connectivity index (χ3n) is 4.75. The number of hydrogen-bond acceptors (Lipinski definition) is 4. The van der Waals surface area contributed by atoms with Crippen LogP contribution >= 0.6 is 0 Å². The first-order valence-electron chi connectivity index (χ1n) is 8.51. The summed E-state index contributed by atoms with van der Waals surface area (Å²) >= 11 is 0. The number of carbonyl (C=O) groups is 1. The predicted molar refractivity (Wildman–Crippen MR) is 94.0 cm³/mol. The van der Waals surface area contributed by atoms with Crippen LogP contribution in [0.4, 0.5) is 0 Å². The van der Waals surface area contributed by atoms with E-state index < -0.39 is 0 Å². The van der Waals surface area contributed by atoms with Gasteiger partial charge in [-0.2, -0.15) is 0 Å². The molecule has 1 amide bonds. The Kier molecular flexibility index (Phi) is 5.21. The summed E-state index contributed by atoms with van der Waals surface area (Å²) in [6.45, 7) is 3.49. The fraction of sp³-hybridized carbons (Fsp3) is 0.526. The fourth-order valence-corrected chi connectivity index (χ4v) is 3.49. The second-order valence-corrected chi connectivity index (χ2v) is 7.03. The highest BCUT2D eigenvalue weighted by molar-refractivity contribution is 5.99. The minimum Gasteiger partial charge on any atom is -0.488 e. The lowest BCUT2D eigenvalue weighted by atomic mass is 9.79. The minimum absolute atomic E-state index is 0.0332. The molecule has 130 valence electrons. The highest BCUT2D eigenvalue weighted by Crippen LogP contribution is 2.31. The molecule has 5 heteroatoms. The minimum atomic E-state index is -0.0332. The van der Waals surface area contributed by atoms with Gasteiger partial charge in [-0.1, -0.05) is 18.2 Å². The molecule has 1 aromatic rings. The van der Waals surface area contributed by atoms with Gasteiger partial charge in [0, 0.05) is 37.3 Å². The van der Waals surface area contributed by atoms with E-state index in [1.807, 2.05) is 30.3 Å². The quantitative estimate of drug-likeness (QED) is 0.896. The molecule has 1 saturated heterocycles. The van der Waals surface area contributed by atoms with E-state index in [0.29, 0.717) is 18.7 Å². The first-order valence-corrected chi connectivity index (χ1v) is 8.51. The molecule has 0 bridgehead atoms. The number of hydrogen-bond donors (Lipinski definition) is 1. The van der Waals surface area contributed by atoms with Crippen LogP contribution in [0.1, 0.15) is 18.4 Å². The molecule has 0 atom stereocenters. The van der Waals surface area contributed by atoms with Crippen molar-refractivity contribution in [1.82, 2.24) is 10.2 Å². The summed E-state index contributed by atoms with van der Waals surface area (Å²) in [5.41, 5.74) is 1.73. The van der Waals surface area contributed by atoms with Crippen molar-refractivity contribution in [1.29, 1.82) is 0 Å². The lowest BCUT2D eigenvalue weighted by Gasteiger charge is -2.39. The van der Waals surface area contributed by atoms with Crippen molar-refractivity contribution in [2.45, 2.75) is 12.8 Å². The van der Waals surface area contributed by atoms with Gasteiger partial charge in [-0.15, -0.1) is 0 Å². The van der Waals surface area contributed by atoms with Gasteiger partial charge >= 0.3 is 0 Å². The van der Waals surface area contributed by atoms with E-state index in [0.717, 1.165) is 43.9 Å². The Morgan fingerprint density at radius 3 is 2.75 bits per heavy atom. The molecule has 24 heavy (non-hydrogen) atoms. The van der Waals surface area contributed by atoms with E-state index in [-0.39, 0.29) is 11.3 Å². The molecule has 0 saturated carbocycles. The lowest BCUT2D eigenvalue weighted by molar-refractivity contribution is -0.118.